The van der Waals surface area contributed by atoms with E-state index in [1.165, 1.54) is 6.07 Å². The number of carbonyl (C=O) groups excluding carboxylic acids is 3. The fourth-order valence-electron chi connectivity index (χ4n) is 3.58. The van der Waals surface area contributed by atoms with Crippen molar-refractivity contribution in [1.82, 2.24) is 5.32 Å². The van der Waals surface area contributed by atoms with Gasteiger partial charge in [-0.3, -0.25) is 4.79 Å². The molecule has 1 aliphatic heterocycles. The molecule has 0 aromatic heterocycles. The van der Waals surface area contributed by atoms with Gasteiger partial charge in [0.25, 0.3) is 0 Å². The van der Waals surface area contributed by atoms with Gasteiger partial charge in [-0.15, -0.1) is 0 Å². The van der Waals surface area contributed by atoms with E-state index in [-0.39, 0.29) is 29.7 Å². The van der Waals surface area contributed by atoms with E-state index in [1.807, 2.05) is 0 Å². The smallest absolute Gasteiger partial charge is 0.534 e. The Morgan fingerprint density at radius 2 is 1.97 bits per heavy atom. The predicted molar refractivity (Wildman–Crippen MR) is 106 cm³/mol. The molecule has 2 N–H and O–H groups in total. The molecule has 30 heavy (non-hydrogen) atoms. The molecule has 1 fully saturated rings. The number of nitrogens with one attached hydrogen (secondary N) is 1. The highest BCUT2D eigenvalue weighted by Crippen LogP contribution is 2.30. The maximum Gasteiger partial charge on any atom is 0.547 e. The van der Waals surface area contributed by atoms with Gasteiger partial charge < -0.3 is 29.2 Å². The highest BCUT2D eigenvalue weighted by atomic mass is 16.8. The van der Waals surface area contributed by atoms with Gasteiger partial charge in [0.05, 0.1) is 5.94 Å². The van der Waals surface area contributed by atoms with Gasteiger partial charge in [0.15, 0.2) is 0 Å². The summed E-state index contributed by atoms with van der Waals surface area (Å²) >= 11 is 0. The zero-order valence-electron chi connectivity index (χ0n) is 16.9. The van der Waals surface area contributed by atoms with Crippen LogP contribution < -0.4 is 9.97 Å². The molecule has 10 heteroatoms. The van der Waals surface area contributed by atoms with Crippen LogP contribution in [0.2, 0.25) is 0 Å². The van der Waals surface area contributed by atoms with Crippen molar-refractivity contribution in [2.24, 2.45) is 0 Å². The second kappa shape index (κ2) is 10.3. The van der Waals surface area contributed by atoms with Gasteiger partial charge in [0.2, 0.25) is 12.7 Å². The number of hydrogen-bond donors (Lipinski definition) is 2. The molecule has 1 aliphatic carbocycles. The molecule has 1 aromatic rings. The summed E-state index contributed by atoms with van der Waals surface area (Å²) in [6.07, 6.45) is 4.34. The summed E-state index contributed by atoms with van der Waals surface area (Å²) in [5.74, 6) is -1.41. The quantitative estimate of drug-likeness (QED) is 0.409. The van der Waals surface area contributed by atoms with Crippen LogP contribution in [-0.4, -0.2) is 49.0 Å². The van der Waals surface area contributed by atoms with E-state index < -0.39 is 32.0 Å². The van der Waals surface area contributed by atoms with Crippen LogP contribution in [0.15, 0.2) is 18.2 Å². The zero-order chi connectivity index (χ0) is 21.5. The second-order valence-corrected chi connectivity index (χ2v) is 7.36. The number of benzene rings is 1. The number of para-hydroxylation sites is 1. The summed E-state index contributed by atoms with van der Waals surface area (Å²) < 4.78 is 20.5. The lowest BCUT2D eigenvalue weighted by atomic mass is 9.72. The Morgan fingerprint density at radius 3 is 2.70 bits per heavy atom. The van der Waals surface area contributed by atoms with Gasteiger partial charge in [-0.05, 0) is 43.7 Å². The van der Waals surface area contributed by atoms with E-state index in [9.17, 15) is 19.4 Å². The number of carbonyl (C=O) groups is 3. The lowest BCUT2D eigenvalue weighted by molar-refractivity contribution is -0.121. The first kappa shape index (κ1) is 22.0. The molecule has 0 radical (unpaired) electrons. The van der Waals surface area contributed by atoms with Gasteiger partial charge in [-0.2, -0.15) is 0 Å². The summed E-state index contributed by atoms with van der Waals surface area (Å²) in [4.78, 5) is 35.7. The van der Waals surface area contributed by atoms with Crippen LogP contribution in [0.1, 0.15) is 61.4 Å². The molecule has 0 bridgehead atoms. The van der Waals surface area contributed by atoms with E-state index in [0.29, 0.717) is 12.0 Å². The number of ether oxygens (including phenoxy) is 3. The zero-order valence-corrected chi connectivity index (χ0v) is 16.9. The molecule has 162 valence electrons. The van der Waals surface area contributed by atoms with Gasteiger partial charge in [-0.1, -0.05) is 25.5 Å². The van der Waals surface area contributed by atoms with Gasteiger partial charge in [-0.25, -0.2) is 9.59 Å². The largest absolute Gasteiger partial charge is 0.547 e. The van der Waals surface area contributed by atoms with Crippen LogP contribution in [0.25, 0.3) is 0 Å². The lowest BCUT2D eigenvalue weighted by Crippen LogP contribution is -2.53. The van der Waals surface area contributed by atoms with Crippen LogP contribution in [-0.2, 0) is 25.4 Å². The summed E-state index contributed by atoms with van der Waals surface area (Å²) in [5.41, 5.74) is 0.741. The third-order valence-electron chi connectivity index (χ3n) is 5.19. The second-order valence-electron chi connectivity index (χ2n) is 7.36. The van der Waals surface area contributed by atoms with Crippen molar-refractivity contribution in [1.29, 1.82) is 0 Å². The number of fused-ring (bicyclic) bond motifs is 1. The number of esters is 1. The summed E-state index contributed by atoms with van der Waals surface area (Å²) in [6, 6.07) is 4.87. The van der Waals surface area contributed by atoms with E-state index >= 15 is 0 Å². The number of rotatable bonds is 6. The van der Waals surface area contributed by atoms with E-state index in [0.717, 1.165) is 32.1 Å². The van der Waals surface area contributed by atoms with Gasteiger partial charge >= 0.3 is 19.2 Å². The third-order valence-corrected chi connectivity index (χ3v) is 5.19. The minimum Gasteiger partial charge on any atom is -0.534 e. The van der Waals surface area contributed by atoms with Crippen molar-refractivity contribution in [3.05, 3.63) is 29.3 Å². The van der Waals surface area contributed by atoms with Crippen LogP contribution in [0.5, 0.6) is 5.75 Å². The molecule has 1 aromatic carbocycles. The maximum atomic E-state index is 12.4. The van der Waals surface area contributed by atoms with E-state index in [2.05, 4.69) is 5.32 Å². The molecular formula is C20H26BNO8. The molecule has 1 unspecified atom stereocenters. The minimum atomic E-state index is -1.30. The Balaban J connectivity index is 1.54. The first-order chi connectivity index (χ1) is 14.5. The minimum absolute atomic E-state index is 0.0936. The topological polar surface area (TPSA) is 120 Å². The average Bonchev–Trinajstić information content (AvgIpc) is 2.74. The van der Waals surface area contributed by atoms with Crippen LogP contribution in [0.4, 0.5) is 4.79 Å². The molecule has 2 aliphatic rings. The van der Waals surface area contributed by atoms with Gasteiger partial charge in [0, 0.05) is 6.42 Å². The molecule has 9 nitrogen and oxygen atoms in total. The summed E-state index contributed by atoms with van der Waals surface area (Å²) in [7, 11) is -1.30. The molecule has 1 saturated carbocycles. The summed E-state index contributed by atoms with van der Waals surface area (Å²) in [5, 5.41) is 12.9. The van der Waals surface area contributed by atoms with Crippen molar-refractivity contribution in [2.45, 2.75) is 63.9 Å². The molecule has 3 rings (SSSR count). The first-order valence-corrected chi connectivity index (χ1v) is 10.2. The monoisotopic (exact) mass is 419 g/mol. The van der Waals surface area contributed by atoms with Crippen molar-refractivity contribution in [3.63, 3.8) is 0 Å². The van der Waals surface area contributed by atoms with Crippen molar-refractivity contribution in [3.8, 4) is 5.75 Å². The Bertz CT molecular complexity index is 780. The molecular weight excluding hydrogens is 393 g/mol. The molecule has 0 spiro atoms. The van der Waals surface area contributed by atoms with Crippen LogP contribution in [0.3, 0.4) is 0 Å². The van der Waals surface area contributed by atoms with Crippen molar-refractivity contribution < 1.29 is 38.3 Å². The SMILES string of the molecule is CCC(=O)NC1Cc2cccc(C(=O)OCOC(=O)OC3CCCCC3)c2OB1O. The van der Waals surface area contributed by atoms with E-state index in [1.54, 1.807) is 19.1 Å². The summed E-state index contributed by atoms with van der Waals surface area (Å²) in [6.45, 7) is 1.12. The molecule has 1 heterocycles. The standard InChI is InChI=1S/C20H26BNO8/c1-2-17(23)22-16-11-13-7-6-10-15(18(13)30-21(16)26)19(24)27-12-28-20(25)29-14-8-4-3-5-9-14/h6-7,10,14,16,26H,2-5,8-9,11-12H2,1H3,(H,22,23). The average molecular weight is 419 g/mol. The Kier molecular flexibility index (Phi) is 7.56. The fourth-order valence-corrected chi connectivity index (χ4v) is 3.58. The van der Waals surface area contributed by atoms with Crippen molar-refractivity contribution >= 4 is 25.2 Å². The lowest BCUT2D eigenvalue weighted by Gasteiger charge is -2.29. The predicted octanol–water partition coefficient (Wildman–Crippen LogP) is 2.14. The first-order valence-electron chi connectivity index (χ1n) is 10.2. The molecule has 0 saturated heterocycles. The molecule has 1 atom stereocenters. The Labute approximate surface area is 175 Å². The van der Waals surface area contributed by atoms with Gasteiger partial charge in [0.1, 0.15) is 17.4 Å². The highest BCUT2D eigenvalue weighted by molar-refractivity contribution is 6.47. The van der Waals surface area contributed by atoms with Crippen LogP contribution in [0, 0.1) is 0 Å². The third kappa shape index (κ3) is 5.66. The Hall–Kier alpha value is -2.75. The number of hydrogen-bond acceptors (Lipinski definition) is 8. The fraction of sp³-hybridized carbons (Fsp3) is 0.550. The molecule has 1 amide bonds. The van der Waals surface area contributed by atoms with Crippen LogP contribution >= 0.6 is 0 Å². The van der Waals surface area contributed by atoms with Crippen molar-refractivity contribution in [2.75, 3.05) is 6.79 Å². The number of amides is 1. The Morgan fingerprint density at radius 1 is 1.20 bits per heavy atom. The maximum absolute atomic E-state index is 12.4. The van der Waals surface area contributed by atoms with E-state index in [4.69, 9.17) is 18.9 Å². The normalized spacial score (nSPS) is 18.6. The highest BCUT2D eigenvalue weighted by Gasteiger charge is 2.37.